The molecule has 0 fully saturated rings. The first-order chi connectivity index (χ1) is 7.11. The molecular formula is C10H18ClN3O. The zero-order valence-corrected chi connectivity index (χ0v) is 10.4. The van der Waals surface area contributed by atoms with Crippen molar-refractivity contribution in [2.24, 2.45) is 0 Å². The summed E-state index contributed by atoms with van der Waals surface area (Å²) in [7, 11) is 3.60. The van der Waals surface area contributed by atoms with Crippen LogP contribution in [0.2, 0.25) is 5.02 Å². The van der Waals surface area contributed by atoms with E-state index in [-0.39, 0.29) is 6.04 Å². The predicted octanol–water partition coefficient (Wildman–Crippen LogP) is 1.56. The van der Waals surface area contributed by atoms with Crippen molar-refractivity contribution >= 4 is 11.6 Å². The third-order valence-corrected chi connectivity index (χ3v) is 2.93. The lowest BCUT2D eigenvalue weighted by Gasteiger charge is -2.17. The van der Waals surface area contributed by atoms with E-state index in [1.165, 1.54) is 0 Å². The number of methoxy groups -OCH3 is 1. The fraction of sp³-hybridized carbons (Fsp3) is 0.700. The highest BCUT2D eigenvalue weighted by molar-refractivity contribution is 6.31. The SMILES string of the molecule is CNCC(COC)n1nc(C)c(Cl)c1C. The number of halogens is 1. The Kier molecular flexibility index (Phi) is 4.57. The lowest BCUT2D eigenvalue weighted by Crippen LogP contribution is -2.27. The Morgan fingerprint density at radius 2 is 2.20 bits per heavy atom. The quantitative estimate of drug-likeness (QED) is 0.836. The van der Waals surface area contributed by atoms with Crippen molar-refractivity contribution in [2.75, 3.05) is 27.3 Å². The maximum absolute atomic E-state index is 6.10. The molecule has 0 aromatic carbocycles. The van der Waals surface area contributed by atoms with Crippen molar-refractivity contribution in [3.05, 3.63) is 16.4 Å². The molecule has 0 spiro atoms. The molecule has 1 aromatic heterocycles. The largest absolute Gasteiger partial charge is 0.382 e. The summed E-state index contributed by atoms with van der Waals surface area (Å²) in [6.45, 7) is 5.32. The first-order valence-electron chi connectivity index (χ1n) is 4.96. The van der Waals surface area contributed by atoms with Crippen LogP contribution >= 0.6 is 11.6 Å². The van der Waals surface area contributed by atoms with Gasteiger partial charge >= 0.3 is 0 Å². The molecule has 1 aromatic rings. The van der Waals surface area contributed by atoms with Gasteiger partial charge in [0.15, 0.2) is 0 Å². The number of hydrogen-bond donors (Lipinski definition) is 1. The number of hydrogen-bond acceptors (Lipinski definition) is 3. The third-order valence-electron chi connectivity index (χ3n) is 2.38. The van der Waals surface area contributed by atoms with Gasteiger partial charge in [0, 0.05) is 13.7 Å². The minimum absolute atomic E-state index is 0.186. The lowest BCUT2D eigenvalue weighted by atomic mass is 10.3. The van der Waals surface area contributed by atoms with Crippen LogP contribution in [0.1, 0.15) is 17.4 Å². The Hall–Kier alpha value is -0.580. The van der Waals surface area contributed by atoms with E-state index in [9.17, 15) is 0 Å². The fourth-order valence-electron chi connectivity index (χ4n) is 1.64. The minimum atomic E-state index is 0.186. The van der Waals surface area contributed by atoms with E-state index in [1.807, 2.05) is 25.6 Å². The van der Waals surface area contributed by atoms with Crippen LogP contribution in [0.25, 0.3) is 0 Å². The van der Waals surface area contributed by atoms with Crippen LogP contribution in [0.5, 0.6) is 0 Å². The van der Waals surface area contributed by atoms with Gasteiger partial charge in [-0.2, -0.15) is 5.10 Å². The van der Waals surface area contributed by atoms with E-state index in [0.717, 1.165) is 23.0 Å². The molecule has 1 atom stereocenters. The molecule has 4 nitrogen and oxygen atoms in total. The van der Waals surface area contributed by atoms with Gasteiger partial charge in [-0.15, -0.1) is 0 Å². The summed E-state index contributed by atoms with van der Waals surface area (Å²) >= 11 is 6.10. The van der Waals surface area contributed by atoms with Gasteiger partial charge in [-0.1, -0.05) is 11.6 Å². The molecule has 86 valence electrons. The highest BCUT2D eigenvalue weighted by atomic mass is 35.5. The van der Waals surface area contributed by atoms with Crippen LogP contribution in [-0.2, 0) is 4.74 Å². The highest BCUT2D eigenvalue weighted by Crippen LogP contribution is 2.22. The van der Waals surface area contributed by atoms with Gasteiger partial charge in [0.2, 0.25) is 0 Å². The first-order valence-corrected chi connectivity index (χ1v) is 5.34. The Morgan fingerprint density at radius 1 is 1.53 bits per heavy atom. The summed E-state index contributed by atoms with van der Waals surface area (Å²) in [6.07, 6.45) is 0. The number of nitrogens with one attached hydrogen (secondary N) is 1. The maximum atomic E-state index is 6.10. The molecule has 0 amide bonds. The van der Waals surface area contributed by atoms with E-state index in [4.69, 9.17) is 16.3 Å². The van der Waals surface area contributed by atoms with Crippen molar-refractivity contribution in [1.29, 1.82) is 0 Å². The molecule has 0 aliphatic rings. The number of aromatic nitrogens is 2. The van der Waals surface area contributed by atoms with Gasteiger partial charge in [-0.05, 0) is 20.9 Å². The van der Waals surface area contributed by atoms with E-state index in [2.05, 4.69) is 10.4 Å². The number of nitrogens with zero attached hydrogens (tertiary/aromatic N) is 2. The molecule has 0 bridgehead atoms. The molecule has 0 aliphatic heterocycles. The van der Waals surface area contributed by atoms with Crippen LogP contribution in [-0.4, -0.2) is 37.1 Å². The van der Waals surface area contributed by atoms with Gasteiger partial charge < -0.3 is 10.1 Å². The Morgan fingerprint density at radius 3 is 2.60 bits per heavy atom. The predicted molar refractivity (Wildman–Crippen MR) is 61.6 cm³/mol. The topological polar surface area (TPSA) is 39.1 Å². The van der Waals surface area contributed by atoms with Crippen LogP contribution in [0.3, 0.4) is 0 Å². The molecular weight excluding hydrogens is 214 g/mol. The zero-order chi connectivity index (χ0) is 11.4. The summed E-state index contributed by atoms with van der Waals surface area (Å²) < 4.78 is 7.10. The Labute approximate surface area is 95.6 Å². The van der Waals surface area contributed by atoms with Crippen molar-refractivity contribution in [2.45, 2.75) is 19.9 Å². The molecule has 0 aliphatic carbocycles. The van der Waals surface area contributed by atoms with Gasteiger partial charge in [-0.25, -0.2) is 0 Å². The molecule has 1 heterocycles. The normalized spacial score (nSPS) is 13.1. The van der Waals surface area contributed by atoms with Gasteiger partial charge in [0.1, 0.15) is 0 Å². The van der Waals surface area contributed by atoms with Gasteiger partial charge in [0.05, 0.1) is 29.1 Å². The number of ether oxygens (including phenoxy) is 1. The summed E-state index contributed by atoms with van der Waals surface area (Å²) in [5, 5.41) is 8.28. The maximum Gasteiger partial charge on any atom is 0.0880 e. The molecule has 0 saturated heterocycles. The molecule has 1 unspecified atom stereocenters. The van der Waals surface area contributed by atoms with E-state index < -0.39 is 0 Å². The Bertz CT molecular complexity index is 319. The summed E-state index contributed by atoms with van der Waals surface area (Å²) in [5.41, 5.74) is 1.86. The smallest absolute Gasteiger partial charge is 0.0880 e. The molecule has 0 saturated carbocycles. The number of aryl methyl sites for hydroxylation is 1. The summed E-state index contributed by atoms with van der Waals surface area (Å²) in [4.78, 5) is 0. The average molecular weight is 232 g/mol. The fourth-order valence-corrected chi connectivity index (χ4v) is 1.77. The van der Waals surface area contributed by atoms with Crippen LogP contribution < -0.4 is 5.32 Å². The van der Waals surface area contributed by atoms with Gasteiger partial charge in [0.25, 0.3) is 0 Å². The van der Waals surface area contributed by atoms with Crippen molar-refractivity contribution in [3.8, 4) is 0 Å². The summed E-state index contributed by atoms with van der Waals surface area (Å²) in [5.74, 6) is 0. The van der Waals surface area contributed by atoms with Crippen molar-refractivity contribution in [1.82, 2.24) is 15.1 Å². The van der Waals surface area contributed by atoms with E-state index in [0.29, 0.717) is 6.61 Å². The molecule has 0 radical (unpaired) electrons. The lowest BCUT2D eigenvalue weighted by molar-refractivity contribution is 0.148. The third kappa shape index (κ3) is 2.71. The Balaban J connectivity index is 2.94. The monoisotopic (exact) mass is 231 g/mol. The highest BCUT2D eigenvalue weighted by Gasteiger charge is 2.17. The van der Waals surface area contributed by atoms with E-state index >= 15 is 0 Å². The second-order valence-electron chi connectivity index (χ2n) is 3.60. The van der Waals surface area contributed by atoms with Crippen LogP contribution in [0, 0.1) is 13.8 Å². The average Bonchev–Trinajstić information content (AvgIpc) is 2.46. The summed E-state index contributed by atoms with van der Waals surface area (Å²) in [6, 6.07) is 0.186. The second kappa shape index (κ2) is 5.49. The first kappa shape index (κ1) is 12.5. The minimum Gasteiger partial charge on any atom is -0.382 e. The van der Waals surface area contributed by atoms with Gasteiger partial charge in [-0.3, -0.25) is 4.68 Å². The van der Waals surface area contributed by atoms with E-state index in [1.54, 1.807) is 7.11 Å². The zero-order valence-electron chi connectivity index (χ0n) is 9.67. The van der Waals surface area contributed by atoms with Crippen molar-refractivity contribution < 1.29 is 4.74 Å². The standard InChI is InChI=1S/C10H18ClN3O/c1-7-10(11)8(2)14(13-7)9(5-12-3)6-15-4/h9,12H,5-6H2,1-4H3. The molecule has 5 heteroatoms. The molecule has 1 rings (SSSR count). The van der Waals surface area contributed by atoms with Crippen LogP contribution in [0.4, 0.5) is 0 Å². The second-order valence-corrected chi connectivity index (χ2v) is 3.97. The van der Waals surface area contributed by atoms with Crippen molar-refractivity contribution in [3.63, 3.8) is 0 Å². The van der Waals surface area contributed by atoms with Crippen LogP contribution in [0.15, 0.2) is 0 Å². The number of likely N-dealkylation sites (N-methyl/N-ethyl adjacent to an activating group) is 1. The number of rotatable bonds is 5. The molecule has 15 heavy (non-hydrogen) atoms. The molecule has 1 N–H and O–H groups in total.